The van der Waals surface area contributed by atoms with Crippen LogP contribution in [0.3, 0.4) is 0 Å². The van der Waals surface area contributed by atoms with E-state index < -0.39 is 10.8 Å². The standard InChI is InChI=1S/C8H12O2S/c9-11-6-5-10-7-3-1-2-4-8(7)11/h1-6H2. The van der Waals surface area contributed by atoms with Crippen LogP contribution >= 0.6 is 0 Å². The first kappa shape index (κ1) is 7.35. The molecule has 1 unspecified atom stereocenters. The zero-order valence-corrected chi connectivity index (χ0v) is 7.28. The average Bonchev–Trinajstić information content (AvgIpc) is 2.06. The van der Waals surface area contributed by atoms with E-state index in [1.807, 2.05) is 0 Å². The highest BCUT2D eigenvalue weighted by molar-refractivity contribution is 7.89. The Hall–Kier alpha value is -0.310. The first-order valence-electron chi connectivity index (χ1n) is 4.11. The van der Waals surface area contributed by atoms with Crippen molar-refractivity contribution < 1.29 is 8.95 Å². The van der Waals surface area contributed by atoms with Crippen molar-refractivity contribution in [2.24, 2.45) is 0 Å². The second-order valence-corrected chi connectivity index (χ2v) is 4.54. The molecular formula is C8H12O2S. The number of hydrogen-bond acceptors (Lipinski definition) is 2. The Bertz CT molecular complexity index is 216. The lowest BCUT2D eigenvalue weighted by Crippen LogP contribution is -2.19. The van der Waals surface area contributed by atoms with Gasteiger partial charge in [0.25, 0.3) is 0 Å². The topological polar surface area (TPSA) is 26.3 Å². The van der Waals surface area contributed by atoms with Gasteiger partial charge in [0.15, 0.2) is 0 Å². The maximum absolute atomic E-state index is 11.4. The van der Waals surface area contributed by atoms with Crippen molar-refractivity contribution in [2.45, 2.75) is 25.7 Å². The van der Waals surface area contributed by atoms with E-state index in [9.17, 15) is 4.21 Å². The lowest BCUT2D eigenvalue weighted by atomic mass is 10.1. The molecule has 62 valence electrons. The van der Waals surface area contributed by atoms with Gasteiger partial charge in [-0.25, -0.2) is 0 Å². The monoisotopic (exact) mass is 172 g/mol. The van der Waals surface area contributed by atoms with Gasteiger partial charge in [-0.3, -0.25) is 4.21 Å². The summed E-state index contributed by atoms with van der Waals surface area (Å²) in [6.07, 6.45) is 4.41. The van der Waals surface area contributed by atoms with Gasteiger partial charge < -0.3 is 4.74 Å². The molecule has 2 rings (SSSR count). The molecule has 0 fully saturated rings. The summed E-state index contributed by atoms with van der Waals surface area (Å²) in [7, 11) is -0.702. The van der Waals surface area contributed by atoms with Crippen molar-refractivity contribution in [3.8, 4) is 0 Å². The molecule has 1 atom stereocenters. The van der Waals surface area contributed by atoms with Gasteiger partial charge in [-0.15, -0.1) is 0 Å². The third kappa shape index (κ3) is 1.34. The minimum atomic E-state index is -0.702. The largest absolute Gasteiger partial charge is 0.496 e. The Labute approximate surface area is 69.1 Å². The van der Waals surface area contributed by atoms with Gasteiger partial charge in [-0.2, -0.15) is 0 Å². The zero-order valence-electron chi connectivity index (χ0n) is 6.47. The molecule has 0 saturated carbocycles. The molecule has 0 saturated heterocycles. The Kier molecular flexibility index (Phi) is 1.98. The van der Waals surface area contributed by atoms with Crippen LogP contribution in [0.2, 0.25) is 0 Å². The SMILES string of the molecule is O=S1CCOC2=C1CCCC2. The van der Waals surface area contributed by atoms with Crippen LogP contribution < -0.4 is 0 Å². The van der Waals surface area contributed by atoms with Gasteiger partial charge >= 0.3 is 0 Å². The summed E-state index contributed by atoms with van der Waals surface area (Å²) in [4.78, 5) is 1.10. The molecule has 0 radical (unpaired) electrons. The molecule has 0 aromatic heterocycles. The van der Waals surface area contributed by atoms with Gasteiger partial charge in [0, 0.05) is 6.42 Å². The molecule has 0 N–H and O–H groups in total. The van der Waals surface area contributed by atoms with Crippen molar-refractivity contribution in [1.29, 1.82) is 0 Å². The quantitative estimate of drug-likeness (QED) is 0.554. The van der Waals surface area contributed by atoms with E-state index in [-0.39, 0.29) is 0 Å². The third-order valence-electron chi connectivity index (χ3n) is 2.19. The summed E-state index contributed by atoms with van der Waals surface area (Å²) >= 11 is 0. The Morgan fingerprint density at radius 3 is 2.91 bits per heavy atom. The second-order valence-electron chi connectivity index (χ2n) is 2.95. The van der Waals surface area contributed by atoms with Gasteiger partial charge in [0.05, 0.1) is 28.1 Å². The van der Waals surface area contributed by atoms with Gasteiger partial charge in [-0.1, -0.05) is 0 Å². The van der Waals surface area contributed by atoms with E-state index in [1.54, 1.807) is 0 Å². The van der Waals surface area contributed by atoms with Crippen molar-refractivity contribution >= 4 is 10.8 Å². The van der Waals surface area contributed by atoms with E-state index >= 15 is 0 Å². The van der Waals surface area contributed by atoms with E-state index in [0.717, 1.165) is 23.5 Å². The molecule has 1 heterocycles. The number of rotatable bonds is 0. The molecular weight excluding hydrogens is 160 g/mol. The number of ether oxygens (including phenoxy) is 1. The predicted molar refractivity (Wildman–Crippen MR) is 44.5 cm³/mol. The third-order valence-corrected chi connectivity index (χ3v) is 3.71. The van der Waals surface area contributed by atoms with Crippen LogP contribution in [-0.2, 0) is 15.5 Å². The highest BCUT2D eigenvalue weighted by Gasteiger charge is 2.22. The molecule has 2 aliphatic rings. The second kappa shape index (κ2) is 2.97. The minimum Gasteiger partial charge on any atom is -0.496 e. The predicted octanol–water partition coefficient (Wildman–Crippen LogP) is 1.55. The maximum Gasteiger partial charge on any atom is 0.108 e. The van der Waals surface area contributed by atoms with E-state index in [4.69, 9.17) is 4.74 Å². The van der Waals surface area contributed by atoms with Crippen LogP contribution in [0.25, 0.3) is 0 Å². The van der Waals surface area contributed by atoms with Gasteiger partial charge in [0.1, 0.15) is 5.76 Å². The van der Waals surface area contributed by atoms with Crippen molar-refractivity contribution in [3.05, 3.63) is 10.7 Å². The Balaban J connectivity index is 2.27. The molecule has 1 aliphatic carbocycles. The van der Waals surface area contributed by atoms with Crippen molar-refractivity contribution in [2.75, 3.05) is 12.4 Å². The number of allylic oxidation sites excluding steroid dienone is 2. The van der Waals surface area contributed by atoms with Crippen molar-refractivity contribution in [1.82, 2.24) is 0 Å². The van der Waals surface area contributed by atoms with Gasteiger partial charge in [-0.05, 0) is 19.3 Å². The summed E-state index contributed by atoms with van der Waals surface area (Å²) in [5.41, 5.74) is 0. The normalized spacial score (nSPS) is 31.1. The van der Waals surface area contributed by atoms with Crippen LogP contribution in [0.15, 0.2) is 10.7 Å². The van der Waals surface area contributed by atoms with Gasteiger partial charge in [0.2, 0.25) is 0 Å². The first-order valence-corrected chi connectivity index (χ1v) is 5.43. The first-order chi connectivity index (χ1) is 5.38. The molecule has 0 bridgehead atoms. The molecule has 0 spiro atoms. The van der Waals surface area contributed by atoms with Crippen LogP contribution in [0.4, 0.5) is 0 Å². The fourth-order valence-corrected chi connectivity index (χ4v) is 2.88. The Morgan fingerprint density at radius 2 is 2.09 bits per heavy atom. The summed E-state index contributed by atoms with van der Waals surface area (Å²) in [6, 6.07) is 0. The molecule has 11 heavy (non-hydrogen) atoms. The summed E-state index contributed by atoms with van der Waals surface area (Å²) in [6.45, 7) is 0.658. The van der Waals surface area contributed by atoms with E-state index in [2.05, 4.69) is 0 Å². The fourth-order valence-electron chi connectivity index (χ4n) is 1.61. The molecule has 0 aromatic rings. The minimum absolute atomic E-state index is 0.658. The molecule has 0 amide bonds. The fraction of sp³-hybridized carbons (Fsp3) is 0.750. The smallest absolute Gasteiger partial charge is 0.108 e. The van der Waals surface area contributed by atoms with Crippen LogP contribution in [0, 0.1) is 0 Å². The lowest BCUT2D eigenvalue weighted by Gasteiger charge is -2.24. The van der Waals surface area contributed by atoms with E-state index in [1.165, 1.54) is 12.8 Å². The molecule has 2 nitrogen and oxygen atoms in total. The number of hydrogen-bond donors (Lipinski definition) is 0. The highest BCUT2D eigenvalue weighted by atomic mass is 32.2. The highest BCUT2D eigenvalue weighted by Crippen LogP contribution is 2.30. The van der Waals surface area contributed by atoms with Crippen molar-refractivity contribution in [3.63, 3.8) is 0 Å². The maximum atomic E-state index is 11.4. The van der Waals surface area contributed by atoms with Crippen LogP contribution in [0.5, 0.6) is 0 Å². The molecule has 1 aliphatic heterocycles. The van der Waals surface area contributed by atoms with Crippen LogP contribution in [-0.4, -0.2) is 16.6 Å². The Morgan fingerprint density at radius 1 is 1.27 bits per heavy atom. The van der Waals surface area contributed by atoms with Crippen LogP contribution in [0.1, 0.15) is 25.7 Å². The zero-order chi connectivity index (χ0) is 7.68. The summed E-state index contributed by atoms with van der Waals surface area (Å²) < 4.78 is 16.8. The lowest BCUT2D eigenvalue weighted by molar-refractivity contribution is 0.206. The molecule has 0 aromatic carbocycles. The molecule has 3 heteroatoms. The van der Waals surface area contributed by atoms with E-state index in [0.29, 0.717) is 12.4 Å². The summed E-state index contributed by atoms with van der Waals surface area (Å²) in [5, 5.41) is 0. The summed E-state index contributed by atoms with van der Waals surface area (Å²) in [5.74, 6) is 1.75. The average molecular weight is 172 g/mol.